The second-order valence-corrected chi connectivity index (χ2v) is 6.07. The van der Waals surface area contributed by atoms with E-state index in [4.69, 9.17) is 0 Å². The number of aliphatic carboxylic acids is 1. The molecule has 0 unspecified atom stereocenters. The van der Waals surface area contributed by atoms with Crippen molar-refractivity contribution in [1.82, 2.24) is 4.90 Å². The van der Waals surface area contributed by atoms with Crippen molar-refractivity contribution in [3.8, 4) is 0 Å². The van der Waals surface area contributed by atoms with E-state index in [1.807, 2.05) is 6.07 Å². The van der Waals surface area contributed by atoms with Crippen LogP contribution in [-0.2, 0) is 20.8 Å². The minimum absolute atomic E-state index is 0.0973. The van der Waals surface area contributed by atoms with Gasteiger partial charge in [-0.25, -0.2) is 0 Å². The molecule has 2 aliphatic rings. The topological polar surface area (TPSA) is 77.5 Å². The predicted molar refractivity (Wildman–Crippen MR) is 76.2 cm³/mol. The molecule has 3 rings (SSSR count). The summed E-state index contributed by atoms with van der Waals surface area (Å²) in [5.74, 6) is -2.71. The van der Waals surface area contributed by atoms with Crippen molar-refractivity contribution in [3.63, 3.8) is 0 Å². The van der Waals surface area contributed by atoms with E-state index in [-0.39, 0.29) is 30.1 Å². The zero-order chi connectivity index (χ0) is 15.7. The summed E-state index contributed by atoms with van der Waals surface area (Å²) in [5, 5.41) is 11.5. The quantitative estimate of drug-likeness (QED) is 0.760. The fourth-order valence-electron chi connectivity index (χ4n) is 3.61. The van der Waals surface area contributed by atoms with Gasteiger partial charge in [0.15, 0.2) is 0 Å². The number of imide groups is 1. The Kier molecular flexibility index (Phi) is 3.96. The van der Waals surface area contributed by atoms with Gasteiger partial charge in [-0.3, -0.25) is 14.5 Å². The number of amides is 2. The maximum absolute atomic E-state index is 12.5. The van der Waals surface area contributed by atoms with E-state index in [1.54, 1.807) is 24.3 Å². The van der Waals surface area contributed by atoms with Gasteiger partial charge in [0.25, 0.3) is 0 Å². The summed E-state index contributed by atoms with van der Waals surface area (Å²) in [5.41, 5.74) is 0.771. The van der Waals surface area contributed by atoms with Gasteiger partial charge in [0.2, 0.25) is 11.8 Å². The number of hydrogen-bond acceptors (Lipinski definition) is 4. The summed E-state index contributed by atoms with van der Waals surface area (Å²) in [6.45, 7) is 0. The Labute approximate surface area is 128 Å². The van der Waals surface area contributed by atoms with Crippen LogP contribution in [0.4, 0.5) is 0 Å². The largest absolute Gasteiger partial charge is 0.548 e. The van der Waals surface area contributed by atoms with Crippen LogP contribution >= 0.6 is 0 Å². The van der Waals surface area contributed by atoms with Crippen molar-refractivity contribution < 1.29 is 19.5 Å². The maximum Gasteiger partial charge on any atom is 0.233 e. The fourth-order valence-corrected chi connectivity index (χ4v) is 3.61. The molecule has 1 aliphatic carbocycles. The molecule has 1 saturated heterocycles. The lowest BCUT2D eigenvalue weighted by Crippen LogP contribution is -2.52. The lowest BCUT2D eigenvalue weighted by atomic mass is 9.81. The van der Waals surface area contributed by atoms with Crippen LogP contribution in [0.1, 0.15) is 31.2 Å². The lowest BCUT2D eigenvalue weighted by Gasteiger charge is -2.27. The van der Waals surface area contributed by atoms with Crippen LogP contribution in [0, 0.1) is 11.8 Å². The second kappa shape index (κ2) is 5.91. The summed E-state index contributed by atoms with van der Waals surface area (Å²) >= 11 is 0. The Morgan fingerprint density at radius 2 is 1.64 bits per heavy atom. The Hall–Kier alpha value is -2.17. The first-order valence-corrected chi connectivity index (χ1v) is 7.71. The Morgan fingerprint density at radius 1 is 1.09 bits per heavy atom. The van der Waals surface area contributed by atoms with E-state index >= 15 is 0 Å². The molecule has 5 heteroatoms. The molecule has 1 saturated carbocycles. The van der Waals surface area contributed by atoms with Gasteiger partial charge in [0.05, 0.1) is 23.8 Å². The molecule has 1 aliphatic heterocycles. The van der Waals surface area contributed by atoms with E-state index in [1.165, 1.54) is 0 Å². The second-order valence-electron chi connectivity index (χ2n) is 6.07. The molecule has 1 aromatic carbocycles. The highest BCUT2D eigenvalue weighted by Crippen LogP contribution is 2.39. The number of carbonyl (C=O) groups excluding carboxylic acids is 3. The van der Waals surface area contributed by atoms with Crippen LogP contribution in [0.3, 0.4) is 0 Å². The minimum atomic E-state index is -1.37. The van der Waals surface area contributed by atoms with E-state index in [9.17, 15) is 19.5 Å². The zero-order valence-corrected chi connectivity index (χ0v) is 12.2. The number of fused-ring (bicyclic) bond motifs is 1. The molecule has 0 radical (unpaired) electrons. The highest BCUT2D eigenvalue weighted by Gasteiger charge is 2.50. The van der Waals surface area contributed by atoms with E-state index < -0.39 is 12.0 Å². The number of benzene rings is 1. The standard InChI is InChI=1S/C17H19NO4/c19-15-12-8-4-5-9-13(12)16(20)18(15)14(17(21)22)10-11-6-2-1-3-7-11/h1-3,6-7,12-14H,4-5,8-10H2,(H,21,22)/p-1/t12-,13+,14-/m0/s1. The van der Waals surface area contributed by atoms with Crippen molar-refractivity contribution in [3.05, 3.63) is 35.9 Å². The molecular weight excluding hydrogens is 282 g/mol. The zero-order valence-electron chi connectivity index (χ0n) is 12.2. The molecule has 116 valence electrons. The van der Waals surface area contributed by atoms with E-state index in [0.29, 0.717) is 12.8 Å². The van der Waals surface area contributed by atoms with Crippen LogP contribution in [0.15, 0.2) is 30.3 Å². The smallest absolute Gasteiger partial charge is 0.233 e. The van der Waals surface area contributed by atoms with Crippen LogP contribution in [-0.4, -0.2) is 28.7 Å². The first-order valence-electron chi connectivity index (χ1n) is 7.71. The minimum Gasteiger partial charge on any atom is -0.548 e. The van der Waals surface area contributed by atoms with Gasteiger partial charge in [-0.15, -0.1) is 0 Å². The Morgan fingerprint density at radius 3 is 2.14 bits per heavy atom. The number of likely N-dealkylation sites (tertiary alicyclic amines) is 1. The number of nitrogens with zero attached hydrogens (tertiary/aromatic N) is 1. The van der Waals surface area contributed by atoms with Crippen molar-refractivity contribution in [2.24, 2.45) is 11.8 Å². The van der Waals surface area contributed by atoms with Crippen LogP contribution in [0.2, 0.25) is 0 Å². The summed E-state index contributed by atoms with van der Waals surface area (Å²) in [7, 11) is 0. The molecule has 1 heterocycles. The van der Waals surface area contributed by atoms with Gasteiger partial charge in [0, 0.05) is 0 Å². The molecule has 22 heavy (non-hydrogen) atoms. The molecule has 0 aromatic heterocycles. The summed E-state index contributed by atoms with van der Waals surface area (Å²) < 4.78 is 0. The Bertz CT molecular complexity index is 574. The van der Waals surface area contributed by atoms with E-state index in [2.05, 4.69) is 0 Å². The van der Waals surface area contributed by atoms with Crippen molar-refractivity contribution in [2.45, 2.75) is 38.1 Å². The van der Waals surface area contributed by atoms with Gasteiger partial charge in [-0.2, -0.15) is 0 Å². The van der Waals surface area contributed by atoms with Crippen molar-refractivity contribution in [2.75, 3.05) is 0 Å². The highest BCUT2D eigenvalue weighted by molar-refractivity contribution is 6.07. The molecule has 3 atom stereocenters. The number of hydrogen-bond donors (Lipinski definition) is 0. The normalized spacial score (nSPS) is 25.9. The highest BCUT2D eigenvalue weighted by atomic mass is 16.4. The first-order chi connectivity index (χ1) is 10.6. The molecule has 5 nitrogen and oxygen atoms in total. The maximum atomic E-state index is 12.5. The fraction of sp³-hybridized carbons (Fsp3) is 0.471. The SMILES string of the molecule is O=C([O-])[C@H](Cc1ccccc1)N1C(=O)[C@H]2CCCC[C@H]2C1=O. The molecular formula is C17H18NO4-. The average molecular weight is 300 g/mol. The number of carboxylic acids is 1. The molecule has 2 fully saturated rings. The van der Waals surface area contributed by atoms with Crippen molar-refractivity contribution >= 4 is 17.8 Å². The van der Waals surface area contributed by atoms with Gasteiger partial charge >= 0.3 is 0 Å². The van der Waals surface area contributed by atoms with Gasteiger partial charge in [0.1, 0.15) is 0 Å². The average Bonchev–Trinajstić information content (AvgIpc) is 2.78. The van der Waals surface area contributed by atoms with Crippen LogP contribution < -0.4 is 5.11 Å². The third kappa shape index (κ3) is 2.51. The predicted octanol–water partition coefficient (Wildman–Crippen LogP) is 0.523. The monoisotopic (exact) mass is 300 g/mol. The van der Waals surface area contributed by atoms with Crippen LogP contribution in [0.5, 0.6) is 0 Å². The Balaban J connectivity index is 1.86. The van der Waals surface area contributed by atoms with E-state index in [0.717, 1.165) is 23.3 Å². The third-order valence-electron chi connectivity index (χ3n) is 4.73. The van der Waals surface area contributed by atoms with Gasteiger partial charge in [-0.05, 0) is 24.8 Å². The van der Waals surface area contributed by atoms with Gasteiger partial charge in [-0.1, -0.05) is 43.2 Å². The van der Waals surface area contributed by atoms with Gasteiger partial charge < -0.3 is 9.90 Å². The van der Waals surface area contributed by atoms with Crippen molar-refractivity contribution in [1.29, 1.82) is 0 Å². The molecule has 0 bridgehead atoms. The molecule has 1 aromatic rings. The summed E-state index contributed by atoms with van der Waals surface area (Å²) in [6, 6.07) is 7.79. The number of rotatable bonds is 4. The first kappa shape index (κ1) is 14.8. The summed E-state index contributed by atoms with van der Waals surface area (Å²) in [6.07, 6.45) is 3.29. The lowest BCUT2D eigenvalue weighted by molar-refractivity contribution is -0.310. The van der Waals surface area contributed by atoms with Crippen LogP contribution in [0.25, 0.3) is 0 Å². The third-order valence-corrected chi connectivity index (χ3v) is 4.73. The molecule has 0 spiro atoms. The molecule has 2 amide bonds. The summed E-state index contributed by atoms with van der Waals surface area (Å²) in [4.78, 5) is 37.5. The molecule has 0 N–H and O–H groups in total. The number of carbonyl (C=O) groups is 3. The number of carboxylic acid groups (broad SMARTS) is 1.